The van der Waals surface area contributed by atoms with E-state index in [4.69, 9.17) is 11.6 Å². The molecule has 26 heavy (non-hydrogen) atoms. The molecule has 0 unspecified atom stereocenters. The van der Waals surface area contributed by atoms with E-state index in [1.54, 1.807) is 0 Å². The smallest absolute Gasteiger partial charge is 0.126 e. The Balaban J connectivity index is 1.24. The number of aromatic nitrogens is 2. The monoisotopic (exact) mass is 378 g/mol. The van der Waals surface area contributed by atoms with Crippen LogP contribution in [0.1, 0.15) is 39.4 Å². The highest BCUT2D eigenvalue weighted by Gasteiger charge is 2.51. The molecule has 6 heteroatoms. The minimum atomic E-state index is -0.332. The molecule has 2 fully saturated rings. The van der Waals surface area contributed by atoms with Crippen LogP contribution in [0.3, 0.4) is 0 Å². The van der Waals surface area contributed by atoms with E-state index in [0.29, 0.717) is 26.9 Å². The Morgan fingerprint density at radius 2 is 1.88 bits per heavy atom. The molecule has 0 saturated carbocycles. The molecule has 0 aliphatic carbocycles. The minimum Gasteiger partial charge on any atom is -0.341 e. The van der Waals surface area contributed by atoms with Gasteiger partial charge in [-0.05, 0) is 36.9 Å². The number of hydrogen-bond acceptors (Lipinski definition) is 3. The van der Waals surface area contributed by atoms with Crippen molar-refractivity contribution in [2.75, 3.05) is 32.7 Å². The molecular formula is C20H28ClFN4. The second kappa shape index (κ2) is 6.47. The van der Waals surface area contributed by atoms with Gasteiger partial charge in [0.25, 0.3) is 0 Å². The number of fused-ring (bicyclic) bond motifs is 1. The molecule has 4 rings (SSSR count). The standard InChI is InChI=1S/C20H28ClFN4/c1-19(2,3)5-4-6-25-10-20(11-25)12-26(13-20)9-17-23-16-8-14(22)7-15(21)18(16)24-17/h7-8H,4-6,9-13H2,1-3H3,(H,23,24). The lowest BCUT2D eigenvalue weighted by atomic mass is 9.72. The molecule has 2 saturated heterocycles. The summed E-state index contributed by atoms with van der Waals surface area (Å²) < 4.78 is 13.4. The summed E-state index contributed by atoms with van der Waals surface area (Å²) in [7, 11) is 0. The van der Waals surface area contributed by atoms with Crippen molar-refractivity contribution >= 4 is 22.6 Å². The highest BCUT2D eigenvalue weighted by molar-refractivity contribution is 6.34. The van der Waals surface area contributed by atoms with Crippen LogP contribution in [0.2, 0.25) is 5.02 Å². The molecule has 0 amide bonds. The van der Waals surface area contributed by atoms with E-state index in [0.717, 1.165) is 25.5 Å². The predicted octanol–water partition coefficient (Wildman–Crippen LogP) is 4.30. The van der Waals surface area contributed by atoms with E-state index in [9.17, 15) is 4.39 Å². The summed E-state index contributed by atoms with van der Waals surface area (Å²) in [4.78, 5) is 12.7. The summed E-state index contributed by atoms with van der Waals surface area (Å²) in [6, 6.07) is 2.77. The zero-order valence-corrected chi connectivity index (χ0v) is 16.7. The van der Waals surface area contributed by atoms with Crippen LogP contribution in [0.4, 0.5) is 4.39 Å². The molecule has 2 aromatic rings. The summed E-state index contributed by atoms with van der Waals surface area (Å²) in [6.07, 6.45) is 2.58. The lowest BCUT2D eigenvalue weighted by molar-refractivity contribution is -0.119. The van der Waals surface area contributed by atoms with Crippen LogP contribution in [-0.4, -0.2) is 52.5 Å². The number of halogens is 2. The number of imidazole rings is 1. The van der Waals surface area contributed by atoms with Crippen LogP contribution in [0.5, 0.6) is 0 Å². The van der Waals surface area contributed by atoms with Crippen LogP contribution in [-0.2, 0) is 6.54 Å². The van der Waals surface area contributed by atoms with Gasteiger partial charge in [-0.15, -0.1) is 0 Å². The van der Waals surface area contributed by atoms with E-state index >= 15 is 0 Å². The van der Waals surface area contributed by atoms with Crippen LogP contribution in [0.15, 0.2) is 12.1 Å². The third-order valence-corrected chi connectivity index (χ3v) is 5.85. The molecule has 2 aliphatic rings. The maximum absolute atomic E-state index is 13.4. The Kier molecular flexibility index (Phi) is 4.53. The number of rotatable bonds is 5. The van der Waals surface area contributed by atoms with Crippen molar-refractivity contribution in [2.45, 2.75) is 40.2 Å². The average molecular weight is 379 g/mol. The first-order valence-corrected chi connectivity index (χ1v) is 9.88. The maximum atomic E-state index is 13.4. The van der Waals surface area contributed by atoms with Gasteiger partial charge in [0, 0.05) is 31.6 Å². The SMILES string of the molecule is CC(C)(C)CCCN1CC2(C1)CN(Cc1nc3c(Cl)cc(F)cc3[nH]1)C2. The molecule has 0 atom stereocenters. The number of H-pyrrole nitrogens is 1. The Labute approximate surface area is 159 Å². The molecule has 2 aliphatic heterocycles. The van der Waals surface area contributed by atoms with Crippen LogP contribution >= 0.6 is 11.6 Å². The normalized spacial score (nSPS) is 20.5. The molecule has 142 valence electrons. The van der Waals surface area contributed by atoms with Gasteiger partial charge in [0.15, 0.2) is 0 Å². The average Bonchev–Trinajstić information content (AvgIpc) is 2.83. The third-order valence-electron chi connectivity index (χ3n) is 5.56. The van der Waals surface area contributed by atoms with E-state index < -0.39 is 0 Å². The minimum absolute atomic E-state index is 0.332. The number of nitrogens with zero attached hydrogens (tertiary/aromatic N) is 3. The van der Waals surface area contributed by atoms with Gasteiger partial charge in [-0.25, -0.2) is 9.37 Å². The zero-order valence-electron chi connectivity index (χ0n) is 15.9. The van der Waals surface area contributed by atoms with Crippen molar-refractivity contribution in [3.63, 3.8) is 0 Å². The van der Waals surface area contributed by atoms with Gasteiger partial charge in [0.1, 0.15) is 17.2 Å². The molecular weight excluding hydrogens is 351 g/mol. The molecule has 1 aromatic heterocycles. The first-order chi connectivity index (χ1) is 12.2. The number of hydrogen-bond donors (Lipinski definition) is 1. The topological polar surface area (TPSA) is 35.2 Å². The third kappa shape index (κ3) is 3.75. The number of nitrogens with one attached hydrogen (secondary N) is 1. The second-order valence-corrected chi connectivity index (χ2v) is 9.89. The van der Waals surface area contributed by atoms with Gasteiger partial charge < -0.3 is 9.88 Å². The van der Waals surface area contributed by atoms with Crippen LogP contribution in [0.25, 0.3) is 11.0 Å². The zero-order chi connectivity index (χ0) is 18.5. The Morgan fingerprint density at radius 1 is 1.19 bits per heavy atom. The van der Waals surface area contributed by atoms with E-state index in [1.165, 1.54) is 44.6 Å². The summed E-state index contributed by atoms with van der Waals surface area (Å²) >= 11 is 6.08. The van der Waals surface area contributed by atoms with Gasteiger partial charge in [-0.2, -0.15) is 0 Å². The van der Waals surface area contributed by atoms with Gasteiger partial charge in [-0.3, -0.25) is 4.90 Å². The largest absolute Gasteiger partial charge is 0.341 e. The van der Waals surface area contributed by atoms with Crippen molar-refractivity contribution < 1.29 is 4.39 Å². The lowest BCUT2D eigenvalue weighted by Gasteiger charge is -2.60. The van der Waals surface area contributed by atoms with E-state index in [1.807, 2.05) is 0 Å². The van der Waals surface area contributed by atoms with Gasteiger partial charge in [-0.1, -0.05) is 32.4 Å². The number of aromatic amines is 1. The fourth-order valence-corrected chi connectivity index (χ4v) is 4.74. The Bertz CT molecular complexity index is 796. The Hall–Kier alpha value is -1.17. The van der Waals surface area contributed by atoms with Crippen molar-refractivity contribution in [3.8, 4) is 0 Å². The molecule has 4 nitrogen and oxygen atoms in total. The number of likely N-dealkylation sites (tertiary alicyclic amines) is 2. The van der Waals surface area contributed by atoms with Crippen molar-refractivity contribution in [3.05, 3.63) is 28.8 Å². The molecule has 3 heterocycles. The molecule has 0 bridgehead atoms. The molecule has 1 N–H and O–H groups in total. The van der Waals surface area contributed by atoms with Crippen molar-refractivity contribution in [1.29, 1.82) is 0 Å². The molecule has 1 spiro atoms. The highest BCUT2D eigenvalue weighted by Crippen LogP contribution is 2.40. The first kappa shape index (κ1) is 18.2. The van der Waals surface area contributed by atoms with Gasteiger partial charge in [0.2, 0.25) is 0 Å². The summed E-state index contributed by atoms with van der Waals surface area (Å²) in [5.74, 6) is 0.533. The fourth-order valence-electron chi connectivity index (χ4n) is 4.49. The van der Waals surface area contributed by atoms with E-state index in [2.05, 4.69) is 40.5 Å². The van der Waals surface area contributed by atoms with Gasteiger partial charge in [0.05, 0.1) is 17.1 Å². The van der Waals surface area contributed by atoms with Crippen LogP contribution in [0, 0.1) is 16.6 Å². The summed E-state index contributed by atoms with van der Waals surface area (Å²) in [5.41, 5.74) is 2.27. The Morgan fingerprint density at radius 3 is 2.58 bits per heavy atom. The van der Waals surface area contributed by atoms with Crippen LogP contribution < -0.4 is 0 Å². The second-order valence-electron chi connectivity index (χ2n) is 9.49. The van der Waals surface area contributed by atoms with Crippen molar-refractivity contribution in [2.24, 2.45) is 10.8 Å². The fraction of sp³-hybridized carbons (Fsp3) is 0.650. The van der Waals surface area contributed by atoms with Crippen molar-refractivity contribution in [1.82, 2.24) is 19.8 Å². The quantitative estimate of drug-likeness (QED) is 0.842. The summed E-state index contributed by atoms with van der Waals surface area (Å²) in [6.45, 7) is 13.7. The number of benzene rings is 1. The highest BCUT2D eigenvalue weighted by atomic mass is 35.5. The summed E-state index contributed by atoms with van der Waals surface area (Å²) in [5, 5.41) is 0.368. The van der Waals surface area contributed by atoms with E-state index in [-0.39, 0.29) is 5.82 Å². The van der Waals surface area contributed by atoms with Gasteiger partial charge >= 0.3 is 0 Å². The predicted molar refractivity (Wildman–Crippen MR) is 104 cm³/mol. The molecule has 0 radical (unpaired) electrons. The first-order valence-electron chi connectivity index (χ1n) is 9.50. The maximum Gasteiger partial charge on any atom is 0.126 e. The molecule has 1 aromatic carbocycles. The lowest BCUT2D eigenvalue weighted by Crippen LogP contribution is -2.71.